The zero-order valence-corrected chi connectivity index (χ0v) is 11.3. The van der Waals surface area contributed by atoms with Gasteiger partial charge in [0.1, 0.15) is 11.7 Å². The molecule has 0 amide bonds. The fourth-order valence-electron chi connectivity index (χ4n) is 2.04. The van der Waals surface area contributed by atoms with Crippen molar-refractivity contribution in [1.29, 1.82) is 0 Å². The number of hydrogen-bond acceptors (Lipinski definition) is 4. The first kappa shape index (κ1) is 12.8. The van der Waals surface area contributed by atoms with E-state index in [2.05, 4.69) is 10.1 Å². The second-order valence-corrected chi connectivity index (χ2v) is 4.74. The standard InChI is InChI=1S/C13H12ClN5O/c14-9-2-1-3-10(6-9)19-12-11(7-17-19)13(20)18(5-4-15)8-16-12/h1-3,6-8H,4-5,15H2. The van der Waals surface area contributed by atoms with Crippen LogP contribution in [0, 0.1) is 0 Å². The molecule has 2 aromatic heterocycles. The van der Waals surface area contributed by atoms with Crippen LogP contribution in [-0.2, 0) is 6.54 Å². The second kappa shape index (κ2) is 5.07. The van der Waals surface area contributed by atoms with E-state index in [9.17, 15) is 4.79 Å². The molecule has 0 atom stereocenters. The van der Waals surface area contributed by atoms with Crippen LogP contribution in [0.5, 0.6) is 0 Å². The van der Waals surface area contributed by atoms with Crippen LogP contribution in [0.25, 0.3) is 16.7 Å². The molecule has 3 aromatic rings. The molecule has 1 aromatic carbocycles. The van der Waals surface area contributed by atoms with Crippen LogP contribution >= 0.6 is 11.6 Å². The number of nitrogens with zero attached hydrogens (tertiary/aromatic N) is 4. The summed E-state index contributed by atoms with van der Waals surface area (Å²) in [6.07, 6.45) is 3.00. The lowest BCUT2D eigenvalue weighted by Gasteiger charge is -2.05. The Kier molecular flexibility index (Phi) is 3.25. The zero-order chi connectivity index (χ0) is 14.1. The summed E-state index contributed by atoms with van der Waals surface area (Å²) in [5.41, 5.74) is 6.58. The molecule has 0 spiro atoms. The molecule has 2 heterocycles. The predicted octanol–water partition coefficient (Wildman–Crippen LogP) is 1.19. The minimum absolute atomic E-state index is 0.145. The van der Waals surface area contributed by atoms with Crippen LogP contribution < -0.4 is 11.3 Å². The first-order valence-corrected chi connectivity index (χ1v) is 6.47. The van der Waals surface area contributed by atoms with Crippen molar-refractivity contribution >= 4 is 22.6 Å². The molecule has 7 heteroatoms. The lowest BCUT2D eigenvalue weighted by Crippen LogP contribution is -2.24. The van der Waals surface area contributed by atoms with Crippen LogP contribution in [0.2, 0.25) is 5.02 Å². The van der Waals surface area contributed by atoms with E-state index >= 15 is 0 Å². The Morgan fingerprint density at radius 1 is 1.35 bits per heavy atom. The summed E-state index contributed by atoms with van der Waals surface area (Å²) in [6.45, 7) is 0.819. The highest BCUT2D eigenvalue weighted by Crippen LogP contribution is 2.17. The number of aromatic nitrogens is 4. The van der Waals surface area contributed by atoms with Gasteiger partial charge in [0.2, 0.25) is 0 Å². The number of hydrogen-bond donors (Lipinski definition) is 1. The topological polar surface area (TPSA) is 78.7 Å². The number of rotatable bonds is 3. The molecule has 0 aliphatic heterocycles. The van der Waals surface area contributed by atoms with Crippen molar-refractivity contribution in [2.75, 3.05) is 6.54 Å². The molecule has 20 heavy (non-hydrogen) atoms. The van der Waals surface area contributed by atoms with Crippen molar-refractivity contribution in [1.82, 2.24) is 19.3 Å². The summed E-state index contributed by atoms with van der Waals surface area (Å²) in [5, 5.41) is 5.28. The monoisotopic (exact) mass is 289 g/mol. The summed E-state index contributed by atoms with van der Waals surface area (Å²) in [7, 11) is 0. The molecule has 0 saturated carbocycles. The Bertz CT molecular complexity index is 823. The molecule has 0 bridgehead atoms. The fourth-order valence-corrected chi connectivity index (χ4v) is 2.23. The van der Waals surface area contributed by atoms with Crippen molar-refractivity contribution in [3.8, 4) is 5.69 Å². The fraction of sp³-hybridized carbons (Fsp3) is 0.154. The molecule has 0 radical (unpaired) electrons. The second-order valence-electron chi connectivity index (χ2n) is 4.31. The Balaban J connectivity index is 2.20. The zero-order valence-electron chi connectivity index (χ0n) is 10.5. The van der Waals surface area contributed by atoms with Gasteiger partial charge in [0.25, 0.3) is 5.56 Å². The van der Waals surface area contributed by atoms with Gasteiger partial charge in [-0.3, -0.25) is 9.36 Å². The van der Waals surface area contributed by atoms with E-state index in [0.29, 0.717) is 29.1 Å². The van der Waals surface area contributed by atoms with Crippen molar-refractivity contribution in [2.45, 2.75) is 6.54 Å². The van der Waals surface area contributed by atoms with E-state index < -0.39 is 0 Å². The highest BCUT2D eigenvalue weighted by molar-refractivity contribution is 6.30. The molecule has 3 rings (SSSR count). The number of nitrogens with two attached hydrogens (primary N) is 1. The number of benzene rings is 1. The molecular weight excluding hydrogens is 278 g/mol. The van der Waals surface area contributed by atoms with Crippen LogP contribution in [0.1, 0.15) is 0 Å². The normalized spacial score (nSPS) is 11.1. The van der Waals surface area contributed by atoms with Gasteiger partial charge in [-0.15, -0.1) is 0 Å². The Labute approximate surface area is 119 Å². The molecular formula is C13H12ClN5O. The molecule has 0 fully saturated rings. The van der Waals surface area contributed by atoms with Crippen molar-refractivity contribution in [2.24, 2.45) is 5.73 Å². The summed E-state index contributed by atoms with van der Waals surface area (Å²) in [6, 6.07) is 7.21. The Hall–Kier alpha value is -2.18. The van der Waals surface area contributed by atoms with Gasteiger partial charge in [0.05, 0.1) is 11.9 Å². The van der Waals surface area contributed by atoms with Gasteiger partial charge in [-0.2, -0.15) is 5.10 Å². The average molecular weight is 290 g/mol. The van der Waals surface area contributed by atoms with Crippen LogP contribution in [0.4, 0.5) is 0 Å². The van der Waals surface area contributed by atoms with Crippen molar-refractivity contribution < 1.29 is 0 Å². The quantitative estimate of drug-likeness (QED) is 0.786. The van der Waals surface area contributed by atoms with E-state index in [1.54, 1.807) is 16.8 Å². The molecule has 0 saturated heterocycles. The van der Waals surface area contributed by atoms with E-state index in [0.717, 1.165) is 5.69 Å². The minimum atomic E-state index is -0.145. The molecule has 6 nitrogen and oxygen atoms in total. The number of fused-ring (bicyclic) bond motifs is 1. The lowest BCUT2D eigenvalue weighted by atomic mass is 10.3. The van der Waals surface area contributed by atoms with Crippen LogP contribution in [0.3, 0.4) is 0 Å². The van der Waals surface area contributed by atoms with Crippen molar-refractivity contribution in [3.63, 3.8) is 0 Å². The SMILES string of the molecule is NCCn1cnc2c(cnn2-c2cccc(Cl)c2)c1=O. The van der Waals surface area contributed by atoms with E-state index in [1.807, 2.05) is 12.1 Å². The van der Waals surface area contributed by atoms with Gasteiger partial charge in [-0.05, 0) is 18.2 Å². The third-order valence-electron chi connectivity index (χ3n) is 2.98. The van der Waals surface area contributed by atoms with Crippen LogP contribution in [0.15, 0.2) is 41.6 Å². The minimum Gasteiger partial charge on any atom is -0.329 e. The molecule has 102 valence electrons. The third kappa shape index (κ3) is 2.09. The maximum atomic E-state index is 12.2. The lowest BCUT2D eigenvalue weighted by molar-refractivity contribution is 0.672. The smallest absolute Gasteiger partial charge is 0.264 e. The third-order valence-corrected chi connectivity index (χ3v) is 3.21. The highest BCUT2D eigenvalue weighted by atomic mass is 35.5. The molecule has 0 aliphatic carbocycles. The summed E-state index contributed by atoms with van der Waals surface area (Å²) < 4.78 is 3.07. The van der Waals surface area contributed by atoms with Crippen LogP contribution in [-0.4, -0.2) is 25.9 Å². The average Bonchev–Trinajstić information content (AvgIpc) is 2.87. The summed E-state index contributed by atoms with van der Waals surface area (Å²) in [4.78, 5) is 16.5. The Morgan fingerprint density at radius 2 is 2.20 bits per heavy atom. The largest absolute Gasteiger partial charge is 0.329 e. The van der Waals surface area contributed by atoms with E-state index in [4.69, 9.17) is 17.3 Å². The van der Waals surface area contributed by atoms with Gasteiger partial charge >= 0.3 is 0 Å². The first-order chi connectivity index (χ1) is 9.70. The number of halogens is 1. The maximum absolute atomic E-state index is 12.2. The van der Waals surface area contributed by atoms with Gasteiger partial charge in [-0.25, -0.2) is 9.67 Å². The van der Waals surface area contributed by atoms with E-state index in [-0.39, 0.29) is 5.56 Å². The maximum Gasteiger partial charge on any atom is 0.264 e. The summed E-state index contributed by atoms with van der Waals surface area (Å²) >= 11 is 5.97. The van der Waals surface area contributed by atoms with Gasteiger partial charge in [0.15, 0.2) is 5.65 Å². The molecule has 2 N–H and O–H groups in total. The van der Waals surface area contributed by atoms with Gasteiger partial charge < -0.3 is 5.73 Å². The van der Waals surface area contributed by atoms with Gasteiger partial charge in [0, 0.05) is 18.1 Å². The molecule has 0 aliphatic rings. The molecule has 0 unspecified atom stereocenters. The van der Waals surface area contributed by atoms with E-state index in [1.165, 1.54) is 17.1 Å². The first-order valence-electron chi connectivity index (χ1n) is 6.10. The van der Waals surface area contributed by atoms with Crippen molar-refractivity contribution in [3.05, 3.63) is 52.2 Å². The Morgan fingerprint density at radius 3 is 2.95 bits per heavy atom. The van der Waals surface area contributed by atoms with Gasteiger partial charge in [-0.1, -0.05) is 17.7 Å². The summed E-state index contributed by atoms with van der Waals surface area (Å²) in [5.74, 6) is 0. The predicted molar refractivity (Wildman–Crippen MR) is 77.2 cm³/mol. The highest BCUT2D eigenvalue weighted by Gasteiger charge is 2.11.